The van der Waals surface area contributed by atoms with Crippen molar-refractivity contribution in [2.45, 2.75) is 63.8 Å². The van der Waals surface area contributed by atoms with Crippen molar-refractivity contribution in [3.63, 3.8) is 0 Å². The van der Waals surface area contributed by atoms with Crippen LogP contribution in [0.2, 0.25) is 0 Å². The molecule has 0 spiro atoms. The summed E-state index contributed by atoms with van der Waals surface area (Å²) in [5.74, 6) is 0. The molecule has 2 N–H and O–H groups in total. The molecule has 2 heteroatoms. The predicted octanol–water partition coefficient (Wildman–Crippen LogP) is 3.73. The van der Waals surface area contributed by atoms with Gasteiger partial charge in [0, 0.05) is 12.1 Å². The van der Waals surface area contributed by atoms with Crippen LogP contribution in [0.5, 0.6) is 0 Å². The number of nitrogens with one attached hydrogen (secondary N) is 1. The van der Waals surface area contributed by atoms with Gasteiger partial charge in [-0.05, 0) is 29.4 Å². The predicted molar refractivity (Wildman–Crippen MR) is 85.0 cm³/mol. The topological polar surface area (TPSA) is 32.3 Å². The van der Waals surface area contributed by atoms with Gasteiger partial charge in [0.25, 0.3) is 0 Å². The van der Waals surface area contributed by atoms with Crippen LogP contribution in [0.3, 0.4) is 0 Å². The minimum absolute atomic E-state index is 0.0717. The Morgan fingerprint density at radius 1 is 1.15 bits per heavy atom. The van der Waals surface area contributed by atoms with E-state index in [0.717, 1.165) is 0 Å². The van der Waals surface area contributed by atoms with E-state index in [-0.39, 0.29) is 17.6 Å². The second-order valence-electron chi connectivity index (χ2n) is 7.12. The fourth-order valence-electron chi connectivity index (χ4n) is 3.30. The lowest BCUT2D eigenvalue weighted by Crippen LogP contribution is -2.45. The van der Waals surface area contributed by atoms with E-state index in [0.29, 0.717) is 6.54 Å². The van der Waals surface area contributed by atoms with Gasteiger partial charge < -0.3 is 10.4 Å². The zero-order valence-corrected chi connectivity index (χ0v) is 13.2. The molecule has 0 atom stereocenters. The Kier molecular flexibility index (Phi) is 4.87. The van der Waals surface area contributed by atoms with E-state index in [1.807, 2.05) is 0 Å². The van der Waals surface area contributed by atoms with Crippen molar-refractivity contribution in [1.29, 1.82) is 0 Å². The molecule has 2 rings (SSSR count). The average Bonchev–Trinajstić information content (AvgIpc) is 2.45. The number of hydrogen-bond donors (Lipinski definition) is 2. The number of aliphatic hydroxyl groups excluding tert-OH is 1. The van der Waals surface area contributed by atoms with Gasteiger partial charge in [-0.15, -0.1) is 0 Å². The van der Waals surface area contributed by atoms with Gasteiger partial charge in [-0.3, -0.25) is 0 Å². The van der Waals surface area contributed by atoms with Crippen molar-refractivity contribution in [3.05, 3.63) is 35.4 Å². The van der Waals surface area contributed by atoms with Crippen molar-refractivity contribution in [1.82, 2.24) is 5.32 Å². The maximum absolute atomic E-state index is 9.18. The highest BCUT2D eigenvalue weighted by Gasteiger charge is 2.33. The third-order valence-corrected chi connectivity index (χ3v) is 4.56. The van der Waals surface area contributed by atoms with E-state index in [1.165, 1.54) is 43.2 Å². The van der Waals surface area contributed by atoms with Crippen molar-refractivity contribution in [2.75, 3.05) is 13.2 Å². The zero-order chi connectivity index (χ0) is 14.6. The third kappa shape index (κ3) is 3.42. The SMILES string of the molecule is CC(C)(C)c1cccc(C2(NCCO)CCCCC2)c1. The fourth-order valence-corrected chi connectivity index (χ4v) is 3.30. The second-order valence-corrected chi connectivity index (χ2v) is 7.12. The molecule has 1 aromatic rings. The molecule has 0 amide bonds. The van der Waals surface area contributed by atoms with Gasteiger partial charge in [-0.1, -0.05) is 64.3 Å². The van der Waals surface area contributed by atoms with Gasteiger partial charge >= 0.3 is 0 Å². The summed E-state index contributed by atoms with van der Waals surface area (Å²) >= 11 is 0. The fraction of sp³-hybridized carbons (Fsp3) is 0.667. The van der Waals surface area contributed by atoms with Crippen molar-refractivity contribution in [3.8, 4) is 0 Å². The molecule has 1 aliphatic carbocycles. The van der Waals surface area contributed by atoms with Crippen LogP contribution in [0.1, 0.15) is 64.0 Å². The largest absolute Gasteiger partial charge is 0.395 e. The maximum Gasteiger partial charge on any atom is 0.0556 e. The molecule has 0 aliphatic heterocycles. The molecular weight excluding hydrogens is 246 g/mol. The van der Waals surface area contributed by atoms with Crippen LogP contribution in [-0.4, -0.2) is 18.3 Å². The van der Waals surface area contributed by atoms with Crippen LogP contribution in [0.15, 0.2) is 24.3 Å². The molecule has 1 aliphatic rings. The van der Waals surface area contributed by atoms with E-state index >= 15 is 0 Å². The molecule has 0 radical (unpaired) electrons. The summed E-state index contributed by atoms with van der Waals surface area (Å²) in [7, 11) is 0. The smallest absolute Gasteiger partial charge is 0.0556 e. The molecule has 0 bridgehead atoms. The van der Waals surface area contributed by atoms with Crippen molar-refractivity contribution < 1.29 is 5.11 Å². The van der Waals surface area contributed by atoms with E-state index < -0.39 is 0 Å². The molecule has 1 saturated carbocycles. The molecule has 0 saturated heterocycles. The first-order chi connectivity index (χ1) is 9.48. The Morgan fingerprint density at radius 2 is 1.85 bits per heavy atom. The summed E-state index contributed by atoms with van der Waals surface area (Å²) in [6.45, 7) is 7.68. The summed E-state index contributed by atoms with van der Waals surface area (Å²) in [5, 5.41) is 12.8. The molecule has 1 aromatic carbocycles. The van der Waals surface area contributed by atoms with Gasteiger partial charge in [0.1, 0.15) is 0 Å². The third-order valence-electron chi connectivity index (χ3n) is 4.56. The summed E-state index contributed by atoms with van der Waals surface area (Å²) < 4.78 is 0. The molecule has 0 aromatic heterocycles. The standard InChI is InChI=1S/C18H29NO/c1-17(2,3)15-8-7-9-16(14-15)18(19-12-13-20)10-5-4-6-11-18/h7-9,14,19-20H,4-6,10-13H2,1-3H3. The van der Waals surface area contributed by atoms with Crippen LogP contribution >= 0.6 is 0 Å². The Balaban J connectivity index is 2.33. The van der Waals surface area contributed by atoms with Crippen LogP contribution in [0, 0.1) is 0 Å². The quantitative estimate of drug-likeness (QED) is 0.877. The van der Waals surface area contributed by atoms with E-state index in [1.54, 1.807) is 0 Å². The Bertz CT molecular complexity index is 427. The van der Waals surface area contributed by atoms with Crippen LogP contribution in [0.4, 0.5) is 0 Å². The summed E-state index contributed by atoms with van der Waals surface area (Å²) in [5.41, 5.74) is 3.05. The molecular formula is C18H29NO. The van der Waals surface area contributed by atoms with Crippen molar-refractivity contribution in [2.24, 2.45) is 0 Å². The first kappa shape index (κ1) is 15.5. The molecule has 112 valence electrons. The number of benzene rings is 1. The number of hydrogen-bond acceptors (Lipinski definition) is 2. The van der Waals surface area contributed by atoms with Gasteiger partial charge in [0.05, 0.1) is 6.61 Å². The minimum atomic E-state index is 0.0717. The highest BCUT2D eigenvalue weighted by Crippen LogP contribution is 2.38. The van der Waals surface area contributed by atoms with Crippen molar-refractivity contribution >= 4 is 0 Å². The average molecular weight is 275 g/mol. The van der Waals surface area contributed by atoms with Gasteiger partial charge in [-0.25, -0.2) is 0 Å². The van der Waals surface area contributed by atoms with Gasteiger partial charge in [-0.2, -0.15) is 0 Å². The first-order valence-corrected chi connectivity index (χ1v) is 7.95. The Labute approximate surface area is 123 Å². The summed E-state index contributed by atoms with van der Waals surface area (Å²) in [6.07, 6.45) is 6.25. The van der Waals surface area contributed by atoms with Gasteiger partial charge in [0.15, 0.2) is 0 Å². The van der Waals surface area contributed by atoms with E-state index in [2.05, 4.69) is 50.4 Å². The van der Waals surface area contributed by atoms with Crippen LogP contribution < -0.4 is 5.32 Å². The van der Waals surface area contributed by atoms with E-state index in [9.17, 15) is 5.11 Å². The summed E-state index contributed by atoms with van der Waals surface area (Å²) in [6, 6.07) is 9.04. The lowest BCUT2D eigenvalue weighted by atomic mass is 9.74. The monoisotopic (exact) mass is 275 g/mol. The highest BCUT2D eigenvalue weighted by atomic mass is 16.3. The normalized spacial score (nSPS) is 19.0. The lowest BCUT2D eigenvalue weighted by molar-refractivity contribution is 0.204. The second kappa shape index (κ2) is 6.28. The zero-order valence-electron chi connectivity index (χ0n) is 13.2. The van der Waals surface area contributed by atoms with Crippen LogP contribution in [0.25, 0.3) is 0 Å². The highest BCUT2D eigenvalue weighted by molar-refractivity contribution is 5.33. The molecule has 2 nitrogen and oxygen atoms in total. The Morgan fingerprint density at radius 3 is 2.45 bits per heavy atom. The molecule has 20 heavy (non-hydrogen) atoms. The number of aliphatic hydroxyl groups is 1. The van der Waals surface area contributed by atoms with Crippen LogP contribution in [-0.2, 0) is 11.0 Å². The Hall–Kier alpha value is -0.860. The maximum atomic E-state index is 9.18. The minimum Gasteiger partial charge on any atom is -0.395 e. The van der Waals surface area contributed by atoms with Gasteiger partial charge in [0.2, 0.25) is 0 Å². The molecule has 0 unspecified atom stereocenters. The lowest BCUT2D eigenvalue weighted by Gasteiger charge is -2.39. The molecule has 1 fully saturated rings. The van der Waals surface area contributed by atoms with E-state index in [4.69, 9.17) is 0 Å². The first-order valence-electron chi connectivity index (χ1n) is 7.95. The number of rotatable bonds is 4. The summed E-state index contributed by atoms with van der Waals surface area (Å²) in [4.78, 5) is 0. The molecule has 0 heterocycles.